The molecule has 1 aliphatic rings. The molecule has 0 spiro atoms. The summed E-state index contributed by atoms with van der Waals surface area (Å²) in [5, 5.41) is 0. The number of hydrogen-bond donors (Lipinski definition) is 1. The van der Waals surface area contributed by atoms with Gasteiger partial charge in [0.05, 0.1) is 16.7 Å². The second-order valence-electron chi connectivity index (χ2n) is 5.27. The number of sulfone groups is 1. The minimum absolute atomic E-state index is 0.0232. The summed E-state index contributed by atoms with van der Waals surface area (Å²) in [4.78, 5) is 6.56. The minimum atomic E-state index is -3.32. The topological polar surface area (TPSA) is 75.8 Å². The molecule has 1 heterocycles. The molecule has 20 heavy (non-hydrogen) atoms. The van der Waals surface area contributed by atoms with Gasteiger partial charge < -0.3 is 10.6 Å². The number of guanidine groups is 1. The predicted octanol–water partition coefficient (Wildman–Crippen LogP) is 1.18. The van der Waals surface area contributed by atoms with Gasteiger partial charge in [-0.1, -0.05) is 17.7 Å². The summed E-state index contributed by atoms with van der Waals surface area (Å²) in [5.74, 6) is 0.424. The maximum absolute atomic E-state index is 12.3. The summed E-state index contributed by atoms with van der Waals surface area (Å²) in [6.45, 7) is 5.52. The third kappa shape index (κ3) is 3.50. The molecule has 6 heteroatoms. The molecule has 5 nitrogen and oxygen atoms in total. The molecule has 0 aliphatic carbocycles. The number of nitrogens with two attached hydrogens (primary N) is 1. The van der Waals surface area contributed by atoms with Crippen LogP contribution < -0.4 is 5.73 Å². The van der Waals surface area contributed by atoms with Crippen LogP contribution in [0.1, 0.15) is 18.9 Å². The highest BCUT2D eigenvalue weighted by Crippen LogP contribution is 2.14. The lowest BCUT2D eigenvalue weighted by Crippen LogP contribution is -2.47. The Labute approximate surface area is 120 Å². The van der Waals surface area contributed by atoms with Crippen LogP contribution in [0.4, 0.5) is 0 Å². The van der Waals surface area contributed by atoms with Crippen molar-refractivity contribution in [3.05, 3.63) is 29.8 Å². The number of hydrogen-bond acceptors (Lipinski definition) is 3. The van der Waals surface area contributed by atoms with Crippen molar-refractivity contribution in [2.24, 2.45) is 10.7 Å². The Hall–Kier alpha value is -1.56. The average molecular weight is 295 g/mol. The summed E-state index contributed by atoms with van der Waals surface area (Å²) in [6, 6.07) is 6.53. The quantitative estimate of drug-likeness (QED) is 0.668. The summed E-state index contributed by atoms with van der Waals surface area (Å²) < 4.78 is 24.5. The maximum Gasteiger partial charge on any atom is 0.191 e. The number of aryl methyl sites for hydroxylation is 1. The van der Waals surface area contributed by atoms with E-state index in [9.17, 15) is 8.42 Å². The van der Waals surface area contributed by atoms with Crippen molar-refractivity contribution in [3.63, 3.8) is 0 Å². The Bertz CT molecular complexity index is 589. The molecule has 0 bridgehead atoms. The zero-order chi connectivity index (χ0) is 14.8. The van der Waals surface area contributed by atoms with Crippen LogP contribution in [-0.2, 0) is 9.84 Å². The molecule has 2 N–H and O–H groups in total. The van der Waals surface area contributed by atoms with E-state index in [1.165, 1.54) is 0 Å². The second-order valence-corrected chi connectivity index (χ2v) is 7.31. The van der Waals surface area contributed by atoms with Crippen molar-refractivity contribution < 1.29 is 8.42 Å². The fraction of sp³-hybridized carbons (Fsp3) is 0.500. The van der Waals surface area contributed by atoms with Crippen LogP contribution in [0.25, 0.3) is 0 Å². The first-order valence-corrected chi connectivity index (χ1v) is 8.41. The van der Waals surface area contributed by atoms with E-state index in [-0.39, 0.29) is 11.8 Å². The van der Waals surface area contributed by atoms with E-state index >= 15 is 0 Å². The van der Waals surface area contributed by atoms with Gasteiger partial charge in [0.2, 0.25) is 0 Å². The predicted molar refractivity (Wildman–Crippen MR) is 80.5 cm³/mol. The minimum Gasteiger partial charge on any atom is -0.370 e. The van der Waals surface area contributed by atoms with Gasteiger partial charge in [-0.25, -0.2) is 13.4 Å². The summed E-state index contributed by atoms with van der Waals surface area (Å²) in [6.07, 6.45) is 1.12. The molecule has 1 aromatic carbocycles. The molecular weight excluding hydrogens is 274 g/mol. The Morgan fingerprint density at radius 3 is 2.45 bits per heavy atom. The Kier molecular flexibility index (Phi) is 4.32. The van der Waals surface area contributed by atoms with E-state index in [4.69, 9.17) is 5.73 Å². The molecule has 1 aromatic rings. The Morgan fingerprint density at radius 1 is 1.35 bits per heavy atom. The fourth-order valence-electron chi connectivity index (χ4n) is 2.05. The van der Waals surface area contributed by atoms with Gasteiger partial charge in [-0.15, -0.1) is 0 Å². The average Bonchev–Trinajstić information content (AvgIpc) is 2.25. The van der Waals surface area contributed by atoms with E-state index in [0.29, 0.717) is 10.9 Å². The summed E-state index contributed by atoms with van der Waals surface area (Å²) in [5.41, 5.74) is 6.88. The highest BCUT2D eigenvalue weighted by Gasteiger charge is 2.20. The van der Waals surface area contributed by atoms with Crippen LogP contribution in [0.5, 0.6) is 0 Å². The van der Waals surface area contributed by atoms with Crippen LogP contribution in [0, 0.1) is 6.92 Å². The van der Waals surface area contributed by atoms with Gasteiger partial charge in [0.25, 0.3) is 0 Å². The highest BCUT2D eigenvalue weighted by molar-refractivity contribution is 7.91. The van der Waals surface area contributed by atoms with E-state index in [1.54, 1.807) is 31.2 Å². The Morgan fingerprint density at radius 2 is 1.95 bits per heavy atom. The molecule has 1 aliphatic heterocycles. The lowest BCUT2D eigenvalue weighted by Gasteiger charge is -2.32. The maximum atomic E-state index is 12.3. The number of nitrogens with zero attached hydrogens (tertiary/aromatic N) is 2. The molecule has 1 atom stereocenters. The van der Waals surface area contributed by atoms with E-state index in [0.717, 1.165) is 25.1 Å². The van der Waals surface area contributed by atoms with Crippen molar-refractivity contribution >= 4 is 15.8 Å². The summed E-state index contributed by atoms with van der Waals surface area (Å²) in [7, 11) is -3.32. The largest absolute Gasteiger partial charge is 0.370 e. The molecule has 1 unspecified atom stereocenters. The molecule has 0 aromatic heterocycles. The lowest BCUT2D eigenvalue weighted by atomic mass is 10.2. The highest BCUT2D eigenvalue weighted by atomic mass is 32.2. The van der Waals surface area contributed by atoms with Crippen LogP contribution in [0.15, 0.2) is 34.2 Å². The fourth-order valence-corrected chi connectivity index (χ4v) is 3.50. The first-order chi connectivity index (χ1) is 9.38. The SMILES string of the molecule is Cc1ccc(S(=O)(=O)CC(C)N=C(N)N2CCC2)cc1. The molecule has 0 radical (unpaired) electrons. The number of rotatable bonds is 4. The van der Waals surface area contributed by atoms with Gasteiger partial charge in [-0.05, 0) is 32.4 Å². The Balaban J connectivity index is 2.05. The zero-order valence-corrected chi connectivity index (χ0v) is 12.7. The van der Waals surface area contributed by atoms with Crippen molar-refractivity contribution in [2.75, 3.05) is 18.8 Å². The van der Waals surface area contributed by atoms with Gasteiger partial charge in [0, 0.05) is 13.1 Å². The third-order valence-corrected chi connectivity index (χ3v) is 5.29. The smallest absolute Gasteiger partial charge is 0.191 e. The standard InChI is InChI=1S/C14H21N3O2S/c1-11-4-6-13(7-5-11)20(18,19)10-12(2)16-14(15)17-8-3-9-17/h4-7,12H,3,8-10H2,1-2H3,(H2,15,16). The van der Waals surface area contributed by atoms with Crippen LogP contribution in [-0.4, -0.2) is 44.2 Å². The van der Waals surface area contributed by atoms with Gasteiger partial charge in [-0.2, -0.15) is 0 Å². The zero-order valence-electron chi connectivity index (χ0n) is 11.9. The first-order valence-electron chi connectivity index (χ1n) is 6.76. The normalized spacial score (nSPS) is 17.7. The van der Waals surface area contributed by atoms with Crippen LogP contribution in [0.3, 0.4) is 0 Å². The molecular formula is C14H21N3O2S. The van der Waals surface area contributed by atoms with Crippen molar-refractivity contribution in [3.8, 4) is 0 Å². The molecule has 0 amide bonds. The van der Waals surface area contributed by atoms with Crippen molar-refractivity contribution in [1.29, 1.82) is 0 Å². The number of benzene rings is 1. The van der Waals surface area contributed by atoms with E-state index in [1.807, 2.05) is 11.8 Å². The van der Waals surface area contributed by atoms with E-state index < -0.39 is 9.84 Å². The van der Waals surface area contributed by atoms with Gasteiger partial charge in [0.1, 0.15) is 0 Å². The second kappa shape index (κ2) is 5.83. The monoisotopic (exact) mass is 295 g/mol. The molecule has 0 saturated carbocycles. The van der Waals surface area contributed by atoms with Crippen LogP contribution in [0.2, 0.25) is 0 Å². The molecule has 110 valence electrons. The van der Waals surface area contributed by atoms with Crippen LogP contribution >= 0.6 is 0 Å². The van der Waals surface area contributed by atoms with Gasteiger partial charge in [-0.3, -0.25) is 0 Å². The number of likely N-dealkylation sites (tertiary alicyclic amines) is 1. The molecule has 1 fully saturated rings. The van der Waals surface area contributed by atoms with Crippen molar-refractivity contribution in [1.82, 2.24) is 4.90 Å². The summed E-state index contributed by atoms with van der Waals surface area (Å²) >= 11 is 0. The molecule has 1 saturated heterocycles. The van der Waals surface area contributed by atoms with Crippen molar-refractivity contribution in [2.45, 2.75) is 31.2 Å². The number of aliphatic imine (C=N–C) groups is 1. The lowest BCUT2D eigenvalue weighted by molar-refractivity contribution is 0.295. The molecule has 2 rings (SSSR count). The van der Waals surface area contributed by atoms with E-state index in [2.05, 4.69) is 4.99 Å². The van der Waals surface area contributed by atoms with Gasteiger partial charge in [0.15, 0.2) is 15.8 Å². The van der Waals surface area contributed by atoms with Gasteiger partial charge >= 0.3 is 0 Å². The first kappa shape index (κ1) is 14.8. The third-order valence-electron chi connectivity index (χ3n) is 3.37.